The van der Waals surface area contributed by atoms with Gasteiger partial charge in [-0.1, -0.05) is 30.3 Å². The summed E-state index contributed by atoms with van der Waals surface area (Å²) in [5.74, 6) is 3.02. The number of benzene rings is 3. The zero-order valence-corrected chi connectivity index (χ0v) is 23.8. The summed E-state index contributed by atoms with van der Waals surface area (Å²) in [6, 6.07) is 23.0. The second-order valence-electron chi connectivity index (χ2n) is 10.5. The van der Waals surface area contributed by atoms with Gasteiger partial charge in [0.1, 0.15) is 37.1 Å². The fourth-order valence-corrected chi connectivity index (χ4v) is 5.47. The topological polar surface area (TPSA) is 61.4 Å². The molecule has 1 N–H and O–H groups in total. The van der Waals surface area contributed by atoms with E-state index in [-0.39, 0.29) is 7.53 Å². The summed E-state index contributed by atoms with van der Waals surface area (Å²) in [6.07, 6.45) is 2.14. The van der Waals surface area contributed by atoms with Crippen LogP contribution in [-0.2, 0) is 16.1 Å². The molecule has 0 bridgehead atoms. The first kappa shape index (κ1) is 28.3. The smallest absolute Gasteiger partial charge is 0.142 e. The van der Waals surface area contributed by atoms with Crippen LogP contribution in [0.15, 0.2) is 66.7 Å². The number of nitrogens with zero attached hydrogens (tertiary/aromatic N) is 1. The van der Waals surface area contributed by atoms with Crippen molar-refractivity contribution in [2.75, 3.05) is 64.6 Å². The van der Waals surface area contributed by atoms with Crippen LogP contribution in [0.1, 0.15) is 36.9 Å². The standard InChI is InChI=1S/C33H42N2O5.H2/c1-25-5-3-6-29(21-25)38-20-19-37-28-10-8-27(9-11-28)30-13-14-34-23-33(30)40-24-26-7-12-32-31(22-26)35(16-18-39-32)15-4-17-36-2;/h3,5-12,21-22,30,33-34H,4,13-20,23-24H2,1-2H3;1H/t30-,33+;/m1./s1. The molecule has 5 rings (SSSR count). The normalized spacial score (nSPS) is 18.6. The monoisotopic (exact) mass is 548 g/mol. The second kappa shape index (κ2) is 14.4. The predicted molar refractivity (Wildman–Crippen MR) is 160 cm³/mol. The Morgan fingerprint density at radius 3 is 2.65 bits per heavy atom. The Labute approximate surface area is 239 Å². The SMILES string of the molecule is COCCCN1CCOc2ccc(CO[C@H]3CNCC[C@@H]3c3ccc(OCCOc4cccc(C)c4)cc3)cc21.[HH]. The van der Waals surface area contributed by atoms with Gasteiger partial charge < -0.3 is 33.9 Å². The molecule has 2 heterocycles. The lowest BCUT2D eigenvalue weighted by Gasteiger charge is -2.33. The number of aryl methyl sites for hydroxylation is 1. The molecule has 2 aliphatic heterocycles. The lowest BCUT2D eigenvalue weighted by Crippen LogP contribution is -2.41. The zero-order chi connectivity index (χ0) is 27.6. The van der Waals surface area contributed by atoms with Gasteiger partial charge in [0, 0.05) is 34.2 Å². The molecule has 0 radical (unpaired) electrons. The van der Waals surface area contributed by atoms with Gasteiger partial charge in [-0.25, -0.2) is 0 Å². The van der Waals surface area contributed by atoms with Crippen molar-refractivity contribution in [1.29, 1.82) is 0 Å². The minimum Gasteiger partial charge on any atom is -0.490 e. The molecule has 3 aromatic rings. The highest BCUT2D eigenvalue weighted by molar-refractivity contribution is 5.61. The van der Waals surface area contributed by atoms with Crippen LogP contribution < -0.4 is 24.4 Å². The fraction of sp³-hybridized carbons (Fsp3) is 0.455. The summed E-state index contributed by atoms with van der Waals surface area (Å²) in [4.78, 5) is 2.39. The lowest BCUT2D eigenvalue weighted by atomic mass is 9.87. The number of nitrogens with one attached hydrogen (secondary N) is 1. The third-order valence-electron chi connectivity index (χ3n) is 7.57. The van der Waals surface area contributed by atoms with Crippen molar-refractivity contribution in [2.45, 2.75) is 38.4 Å². The van der Waals surface area contributed by atoms with E-state index in [1.165, 1.54) is 16.7 Å². The van der Waals surface area contributed by atoms with Gasteiger partial charge >= 0.3 is 0 Å². The van der Waals surface area contributed by atoms with Crippen molar-refractivity contribution < 1.29 is 25.1 Å². The number of methoxy groups -OCH3 is 1. The van der Waals surface area contributed by atoms with E-state index >= 15 is 0 Å². The Hall–Kier alpha value is -3.26. The lowest BCUT2D eigenvalue weighted by molar-refractivity contribution is 0.0106. The fourth-order valence-electron chi connectivity index (χ4n) is 5.47. The van der Waals surface area contributed by atoms with Gasteiger partial charge in [-0.2, -0.15) is 0 Å². The molecule has 0 aliphatic carbocycles. The molecule has 2 atom stereocenters. The van der Waals surface area contributed by atoms with Crippen LogP contribution in [-0.4, -0.2) is 65.8 Å². The molecular formula is C33H44N2O5. The number of rotatable bonds is 13. The molecule has 216 valence electrons. The maximum absolute atomic E-state index is 6.53. The van der Waals surface area contributed by atoms with Crippen molar-refractivity contribution in [3.63, 3.8) is 0 Å². The van der Waals surface area contributed by atoms with E-state index < -0.39 is 0 Å². The van der Waals surface area contributed by atoms with Crippen LogP contribution in [0.2, 0.25) is 0 Å². The number of ether oxygens (including phenoxy) is 5. The molecule has 0 amide bonds. The number of anilines is 1. The molecule has 1 saturated heterocycles. The first-order valence-corrected chi connectivity index (χ1v) is 14.4. The van der Waals surface area contributed by atoms with Crippen molar-refractivity contribution in [1.82, 2.24) is 5.32 Å². The number of hydrogen-bond acceptors (Lipinski definition) is 7. The summed E-state index contributed by atoms with van der Waals surface area (Å²) >= 11 is 0. The van der Waals surface area contributed by atoms with E-state index in [0.717, 1.165) is 75.2 Å². The highest BCUT2D eigenvalue weighted by Crippen LogP contribution is 2.34. The Balaban J connectivity index is 0.00000387. The average molecular weight is 549 g/mol. The summed E-state index contributed by atoms with van der Waals surface area (Å²) in [5, 5.41) is 3.52. The van der Waals surface area contributed by atoms with Crippen LogP contribution >= 0.6 is 0 Å². The minimum atomic E-state index is 0. The van der Waals surface area contributed by atoms with Crippen LogP contribution in [0.4, 0.5) is 5.69 Å². The zero-order valence-electron chi connectivity index (χ0n) is 23.8. The van der Waals surface area contributed by atoms with Crippen LogP contribution in [0.5, 0.6) is 17.2 Å². The number of fused-ring (bicyclic) bond motifs is 1. The molecular weight excluding hydrogens is 504 g/mol. The van der Waals surface area contributed by atoms with Gasteiger partial charge in [0.2, 0.25) is 0 Å². The molecule has 7 heteroatoms. The van der Waals surface area contributed by atoms with Gasteiger partial charge in [-0.3, -0.25) is 0 Å². The largest absolute Gasteiger partial charge is 0.490 e. The Kier molecular flexibility index (Phi) is 10.2. The first-order chi connectivity index (χ1) is 19.7. The Morgan fingerprint density at radius 2 is 1.82 bits per heavy atom. The molecule has 0 unspecified atom stereocenters. The molecule has 0 spiro atoms. The Morgan fingerprint density at radius 1 is 0.975 bits per heavy atom. The van der Waals surface area contributed by atoms with Crippen LogP contribution in [0.3, 0.4) is 0 Å². The summed E-state index contributed by atoms with van der Waals surface area (Å²) in [5.41, 5.74) is 4.80. The molecule has 3 aromatic carbocycles. The van der Waals surface area contributed by atoms with Gasteiger partial charge in [-0.15, -0.1) is 0 Å². The summed E-state index contributed by atoms with van der Waals surface area (Å²) in [7, 11) is 1.75. The summed E-state index contributed by atoms with van der Waals surface area (Å²) in [6.45, 7) is 8.82. The molecule has 0 saturated carbocycles. The van der Waals surface area contributed by atoms with Gasteiger partial charge in [0.15, 0.2) is 0 Å². The second-order valence-corrected chi connectivity index (χ2v) is 10.5. The van der Waals surface area contributed by atoms with Gasteiger partial charge in [-0.05, 0) is 79.4 Å². The van der Waals surface area contributed by atoms with Crippen LogP contribution in [0.25, 0.3) is 0 Å². The van der Waals surface area contributed by atoms with E-state index in [1.54, 1.807) is 7.11 Å². The number of piperidine rings is 1. The minimum absolute atomic E-state index is 0. The van der Waals surface area contributed by atoms with Crippen molar-refractivity contribution >= 4 is 5.69 Å². The third kappa shape index (κ3) is 7.68. The van der Waals surface area contributed by atoms with E-state index in [1.807, 2.05) is 18.2 Å². The molecule has 7 nitrogen and oxygen atoms in total. The third-order valence-corrected chi connectivity index (χ3v) is 7.57. The quantitative estimate of drug-likeness (QED) is 0.279. The average Bonchev–Trinajstić information content (AvgIpc) is 2.99. The van der Waals surface area contributed by atoms with Gasteiger partial charge in [0.25, 0.3) is 0 Å². The van der Waals surface area contributed by atoms with Crippen molar-refractivity contribution in [2.24, 2.45) is 0 Å². The van der Waals surface area contributed by atoms with Crippen molar-refractivity contribution in [3.05, 3.63) is 83.4 Å². The maximum atomic E-state index is 6.53. The predicted octanol–water partition coefficient (Wildman–Crippen LogP) is 5.60. The highest BCUT2D eigenvalue weighted by Gasteiger charge is 2.27. The molecule has 40 heavy (non-hydrogen) atoms. The van der Waals surface area contributed by atoms with E-state index in [9.17, 15) is 0 Å². The van der Waals surface area contributed by atoms with E-state index in [2.05, 4.69) is 65.7 Å². The molecule has 0 aromatic heterocycles. The first-order valence-electron chi connectivity index (χ1n) is 14.4. The van der Waals surface area contributed by atoms with Gasteiger partial charge in [0.05, 0.1) is 24.9 Å². The van der Waals surface area contributed by atoms with Crippen LogP contribution in [0, 0.1) is 6.92 Å². The Bertz CT molecular complexity index is 1210. The molecule has 1 fully saturated rings. The van der Waals surface area contributed by atoms with E-state index in [4.69, 9.17) is 23.7 Å². The highest BCUT2D eigenvalue weighted by atomic mass is 16.5. The van der Waals surface area contributed by atoms with Crippen molar-refractivity contribution in [3.8, 4) is 17.2 Å². The van der Waals surface area contributed by atoms with E-state index in [0.29, 0.717) is 25.7 Å². The number of hydrogen-bond donors (Lipinski definition) is 1. The molecule has 2 aliphatic rings. The summed E-state index contributed by atoms with van der Waals surface area (Å²) < 4.78 is 29.4. The maximum Gasteiger partial charge on any atom is 0.142 e.